The number of aliphatic hydroxyl groups excluding tert-OH is 1. The monoisotopic (exact) mass is 254 g/mol. The van der Waals surface area contributed by atoms with Gasteiger partial charge in [-0.3, -0.25) is 0 Å². The lowest BCUT2D eigenvalue weighted by atomic mass is 10.1. The minimum absolute atomic E-state index is 0.113. The van der Waals surface area contributed by atoms with Crippen LogP contribution in [0.1, 0.15) is 24.8 Å². The van der Waals surface area contributed by atoms with E-state index in [1.807, 2.05) is 12.1 Å². The molecule has 0 amide bonds. The molecule has 0 aromatic carbocycles. The van der Waals surface area contributed by atoms with Gasteiger partial charge in [-0.25, -0.2) is 4.98 Å². The van der Waals surface area contributed by atoms with Crippen molar-refractivity contribution in [1.82, 2.24) is 9.88 Å². The van der Waals surface area contributed by atoms with Crippen LogP contribution in [-0.4, -0.2) is 34.7 Å². The van der Waals surface area contributed by atoms with Crippen LogP contribution in [0.4, 0.5) is 0 Å². The lowest BCUT2D eigenvalue weighted by Crippen LogP contribution is -2.29. The fraction of sp³-hybridized carbons (Fsp3) is 0.615. The third-order valence-corrected chi connectivity index (χ3v) is 3.62. The number of halogens is 1. The molecule has 1 saturated carbocycles. The highest BCUT2D eigenvalue weighted by atomic mass is 35.5. The average molecular weight is 255 g/mol. The molecule has 0 saturated heterocycles. The Balaban J connectivity index is 1.86. The molecule has 1 fully saturated rings. The van der Waals surface area contributed by atoms with Crippen LogP contribution in [0.3, 0.4) is 0 Å². The lowest BCUT2D eigenvalue weighted by molar-refractivity contribution is 0.108. The van der Waals surface area contributed by atoms with E-state index in [0.29, 0.717) is 11.1 Å². The lowest BCUT2D eigenvalue weighted by Gasteiger charge is -2.23. The predicted molar refractivity (Wildman–Crippen MR) is 68.9 cm³/mol. The van der Waals surface area contributed by atoms with Gasteiger partial charge < -0.3 is 10.0 Å². The molecule has 0 bridgehead atoms. The van der Waals surface area contributed by atoms with Gasteiger partial charge in [-0.05, 0) is 43.5 Å². The van der Waals surface area contributed by atoms with Crippen molar-refractivity contribution in [3.05, 3.63) is 29.0 Å². The van der Waals surface area contributed by atoms with E-state index >= 15 is 0 Å². The second kappa shape index (κ2) is 5.80. The second-order valence-corrected chi connectivity index (χ2v) is 5.33. The highest BCUT2D eigenvalue weighted by Gasteiger charge is 2.25. The summed E-state index contributed by atoms with van der Waals surface area (Å²) in [4.78, 5) is 6.21. The van der Waals surface area contributed by atoms with Crippen LogP contribution < -0.4 is 0 Å². The number of hydrogen-bond donors (Lipinski definition) is 1. The number of aliphatic hydroxyl groups is 1. The molecule has 0 radical (unpaired) electrons. The van der Waals surface area contributed by atoms with E-state index in [-0.39, 0.29) is 6.10 Å². The SMILES string of the molecule is CN(Cc1ccnc(Cl)c1)CC1CCCC1O. The molecule has 1 aliphatic rings. The Kier molecular flexibility index (Phi) is 4.37. The molecule has 2 unspecified atom stereocenters. The number of pyridine rings is 1. The fourth-order valence-electron chi connectivity index (χ4n) is 2.55. The third-order valence-electron chi connectivity index (χ3n) is 3.41. The van der Waals surface area contributed by atoms with E-state index in [1.165, 1.54) is 5.56 Å². The van der Waals surface area contributed by atoms with Crippen LogP contribution in [0.15, 0.2) is 18.3 Å². The Morgan fingerprint density at radius 2 is 2.35 bits per heavy atom. The zero-order valence-corrected chi connectivity index (χ0v) is 10.9. The van der Waals surface area contributed by atoms with Gasteiger partial charge in [0, 0.05) is 19.3 Å². The van der Waals surface area contributed by atoms with Crippen molar-refractivity contribution in [2.75, 3.05) is 13.6 Å². The van der Waals surface area contributed by atoms with Gasteiger partial charge in [0.1, 0.15) is 5.15 Å². The molecule has 2 rings (SSSR count). The van der Waals surface area contributed by atoms with E-state index in [4.69, 9.17) is 11.6 Å². The van der Waals surface area contributed by atoms with Crippen molar-refractivity contribution in [2.45, 2.75) is 31.9 Å². The first kappa shape index (κ1) is 12.8. The van der Waals surface area contributed by atoms with Crippen molar-refractivity contribution in [3.8, 4) is 0 Å². The maximum absolute atomic E-state index is 9.79. The number of rotatable bonds is 4. The highest BCUT2D eigenvalue weighted by Crippen LogP contribution is 2.26. The van der Waals surface area contributed by atoms with E-state index in [0.717, 1.165) is 32.4 Å². The van der Waals surface area contributed by atoms with Crippen LogP contribution in [-0.2, 0) is 6.54 Å². The van der Waals surface area contributed by atoms with Crippen molar-refractivity contribution < 1.29 is 5.11 Å². The first-order valence-corrected chi connectivity index (χ1v) is 6.50. The second-order valence-electron chi connectivity index (χ2n) is 4.94. The first-order valence-electron chi connectivity index (χ1n) is 6.12. The zero-order chi connectivity index (χ0) is 12.3. The summed E-state index contributed by atoms with van der Waals surface area (Å²) < 4.78 is 0. The molecule has 0 spiro atoms. The predicted octanol–water partition coefficient (Wildman–Crippen LogP) is 2.33. The summed E-state index contributed by atoms with van der Waals surface area (Å²) in [6.45, 7) is 1.80. The molecule has 17 heavy (non-hydrogen) atoms. The Morgan fingerprint density at radius 3 is 3.00 bits per heavy atom. The van der Waals surface area contributed by atoms with Crippen LogP contribution in [0.25, 0.3) is 0 Å². The summed E-state index contributed by atoms with van der Waals surface area (Å²) >= 11 is 5.85. The number of hydrogen-bond acceptors (Lipinski definition) is 3. The maximum atomic E-state index is 9.79. The highest BCUT2D eigenvalue weighted by molar-refractivity contribution is 6.29. The van der Waals surface area contributed by atoms with Gasteiger partial charge in [0.05, 0.1) is 6.10 Å². The number of nitrogens with zero attached hydrogens (tertiary/aromatic N) is 2. The third kappa shape index (κ3) is 3.66. The van der Waals surface area contributed by atoms with Crippen LogP contribution in [0, 0.1) is 5.92 Å². The Bertz CT molecular complexity index is 372. The Labute approximate surface area is 107 Å². The first-order chi connectivity index (χ1) is 8.15. The molecule has 1 N–H and O–H groups in total. The van der Waals surface area contributed by atoms with E-state index in [1.54, 1.807) is 6.20 Å². The summed E-state index contributed by atoms with van der Waals surface area (Å²) in [7, 11) is 2.08. The molecule has 94 valence electrons. The fourth-order valence-corrected chi connectivity index (χ4v) is 2.74. The minimum atomic E-state index is -0.113. The Hall–Kier alpha value is -0.640. The van der Waals surface area contributed by atoms with Gasteiger partial charge in [-0.2, -0.15) is 0 Å². The zero-order valence-electron chi connectivity index (χ0n) is 10.1. The normalized spacial score (nSPS) is 24.5. The van der Waals surface area contributed by atoms with Gasteiger partial charge in [-0.1, -0.05) is 18.0 Å². The quantitative estimate of drug-likeness (QED) is 0.838. The van der Waals surface area contributed by atoms with Crippen molar-refractivity contribution in [2.24, 2.45) is 5.92 Å². The van der Waals surface area contributed by atoms with Crippen molar-refractivity contribution >= 4 is 11.6 Å². The van der Waals surface area contributed by atoms with Gasteiger partial charge in [0.15, 0.2) is 0 Å². The summed E-state index contributed by atoms with van der Waals surface area (Å²) in [5.74, 6) is 0.428. The van der Waals surface area contributed by atoms with Gasteiger partial charge in [0.25, 0.3) is 0 Å². The molecule has 4 heteroatoms. The average Bonchev–Trinajstić information content (AvgIpc) is 2.64. The maximum Gasteiger partial charge on any atom is 0.129 e. The molecular weight excluding hydrogens is 236 g/mol. The van der Waals surface area contributed by atoms with Crippen molar-refractivity contribution in [3.63, 3.8) is 0 Å². The molecule has 1 aromatic heterocycles. The van der Waals surface area contributed by atoms with Crippen molar-refractivity contribution in [1.29, 1.82) is 0 Å². The summed E-state index contributed by atoms with van der Waals surface area (Å²) in [6.07, 6.45) is 4.87. The van der Waals surface area contributed by atoms with Gasteiger partial charge >= 0.3 is 0 Å². The molecular formula is C13H19ClN2O. The molecule has 1 heterocycles. The summed E-state index contributed by atoms with van der Waals surface area (Å²) in [6, 6.07) is 3.87. The molecule has 0 aliphatic heterocycles. The van der Waals surface area contributed by atoms with E-state index in [2.05, 4.69) is 16.9 Å². The van der Waals surface area contributed by atoms with E-state index in [9.17, 15) is 5.11 Å². The van der Waals surface area contributed by atoms with Crippen LogP contribution in [0.2, 0.25) is 5.15 Å². The summed E-state index contributed by atoms with van der Waals surface area (Å²) in [5, 5.41) is 10.3. The standard InChI is InChI=1S/C13H19ClN2O/c1-16(9-11-3-2-4-12(11)17)8-10-5-6-15-13(14)7-10/h5-7,11-12,17H,2-4,8-9H2,1H3. The molecule has 1 aliphatic carbocycles. The molecule has 2 atom stereocenters. The Morgan fingerprint density at radius 1 is 1.53 bits per heavy atom. The van der Waals surface area contributed by atoms with Crippen LogP contribution in [0.5, 0.6) is 0 Å². The molecule has 1 aromatic rings. The largest absolute Gasteiger partial charge is 0.393 e. The van der Waals surface area contributed by atoms with E-state index < -0.39 is 0 Å². The van der Waals surface area contributed by atoms with Gasteiger partial charge in [-0.15, -0.1) is 0 Å². The summed E-state index contributed by atoms with van der Waals surface area (Å²) in [5.41, 5.74) is 1.17. The smallest absolute Gasteiger partial charge is 0.129 e. The minimum Gasteiger partial charge on any atom is -0.393 e. The molecule has 3 nitrogen and oxygen atoms in total. The van der Waals surface area contributed by atoms with Gasteiger partial charge in [0.2, 0.25) is 0 Å². The number of aromatic nitrogens is 1. The van der Waals surface area contributed by atoms with Crippen LogP contribution >= 0.6 is 11.6 Å². The topological polar surface area (TPSA) is 36.4 Å².